The lowest BCUT2D eigenvalue weighted by molar-refractivity contribution is -0.143. The Hall–Kier alpha value is -4.04. The van der Waals surface area contributed by atoms with Gasteiger partial charge in [-0.05, 0) is 24.8 Å². The zero-order valence-corrected chi connectivity index (χ0v) is 19.4. The summed E-state index contributed by atoms with van der Waals surface area (Å²) in [5, 5.41) is 34.4. The molecule has 0 saturated carbocycles. The quantitative estimate of drug-likeness (QED) is 0.114. The standard InChI is InChI=1S/C22H31N5O9/c23-13(10-12-4-2-1-3-5-12)19(32)27-16(11-28)21(34)25-14(7-9-18(30)31)20(33)26-15(22(35)36)6-8-17(24)29/h1-5,13-16,28H,6-11,23H2,(H2,24,29)(H,25,34)(H,26,33)(H,27,32)(H,30,31)(H,35,36). The highest BCUT2D eigenvalue weighted by Crippen LogP contribution is 2.05. The average Bonchev–Trinajstić information content (AvgIpc) is 2.82. The van der Waals surface area contributed by atoms with E-state index < -0.39 is 79.2 Å². The fourth-order valence-electron chi connectivity index (χ4n) is 3.06. The van der Waals surface area contributed by atoms with Crippen molar-refractivity contribution in [3.63, 3.8) is 0 Å². The third-order valence-electron chi connectivity index (χ3n) is 5.02. The molecule has 0 heterocycles. The lowest BCUT2D eigenvalue weighted by atomic mass is 10.1. The number of hydrogen-bond acceptors (Lipinski definition) is 8. The van der Waals surface area contributed by atoms with Gasteiger partial charge in [0.15, 0.2) is 0 Å². The number of nitrogens with two attached hydrogens (primary N) is 2. The predicted molar refractivity (Wildman–Crippen MR) is 124 cm³/mol. The lowest BCUT2D eigenvalue weighted by Crippen LogP contribution is -2.58. The first-order valence-corrected chi connectivity index (χ1v) is 11.0. The van der Waals surface area contributed by atoms with E-state index >= 15 is 0 Å². The van der Waals surface area contributed by atoms with Gasteiger partial charge in [-0.2, -0.15) is 0 Å². The predicted octanol–water partition coefficient (Wildman–Crippen LogP) is -2.78. The molecular formula is C22H31N5O9. The molecule has 198 valence electrons. The Labute approximate surface area is 206 Å². The smallest absolute Gasteiger partial charge is 0.326 e. The number of amides is 4. The van der Waals surface area contributed by atoms with E-state index in [0.717, 1.165) is 5.56 Å². The first-order chi connectivity index (χ1) is 16.9. The van der Waals surface area contributed by atoms with Gasteiger partial charge in [-0.15, -0.1) is 0 Å². The molecule has 0 aliphatic carbocycles. The van der Waals surface area contributed by atoms with Crippen LogP contribution in [0.3, 0.4) is 0 Å². The number of aliphatic hydroxyl groups is 1. The van der Waals surface area contributed by atoms with Crippen molar-refractivity contribution in [1.29, 1.82) is 0 Å². The van der Waals surface area contributed by atoms with Gasteiger partial charge in [-0.1, -0.05) is 30.3 Å². The summed E-state index contributed by atoms with van der Waals surface area (Å²) in [6, 6.07) is 3.18. The highest BCUT2D eigenvalue weighted by molar-refractivity contribution is 5.94. The second kappa shape index (κ2) is 15.1. The lowest BCUT2D eigenvalue weighted by Gasteiger charge is -2.24. The molecule has 0 radical (unpaired) electrons. The molecule has 0 spiro atoms. The molecule has 14 heteroatoms. The number of rotatable bonds is 16. The van der Waals surface area contributed by atoms with E-state index in [1.54, 1.807) is 30.3 Å². The number of aliphatic hydroxyl groups excluding tert-OH is 1. The van der Waals surface area contributed by atoms with Gasteiger partial charge in [-0.25, -0.2) is 4.79 Å². The fraction of sp³-hybridized carbons (Fsp3) is 0.455. The van der Waals surface area contributed by atoms with Crippen LogP contribution in [0, 0.1) is 0 Å². The molecule has 10 N–H and O–H groups in total. The van der Waals surface area contributed by atoms with E-state index in [2.05, 4.69) is 16.0 Å². The third-order valence-corrected chi connectivity index (χ3v) is 5.02. The van der Waals surface area contributed by atoms with Crippen molar-refractivity contribution in [2.24, 2.45) is 11.5 Å². The topological polar surface area (TPSA) is 251 Å². The maximum atomic E-state index is 12.7. The van der Waals surface area contributed by atoms with E-state index in [9.17, 15) is 39.0 Å². The minimum Gasteiger partial charge on any atom is -0.481 e. The van der Waals surface area contributed by atoms with Crippen molar-refractivity contribution in [2.75, 3.05) is 6.61 Å². The van der Waals surface area contributed by atoms with Crippen LogP contribution in [0.5, 0.6) is 0 Å². The van der Waals surface area contributed by atoms with E-state index in [4.69, 9.17) is 16.6 Å². The number of hydrogen-bond donors (Lipinski definition) is 8. The summed E-state index contributed by atoms with van der Waals surface area (Å²) in [6.07, 6.45) is -1.50. The summed E-state index contributed by atoms with van der Waals surface area (Å²) in [5.74, 6) is -6.36. The zero-order valence-electron chi connectivity index (χ0n) is 19.4. The second-order valence-corrected chi connectivity index (χ2v) is 7.94. The number of primary amides is 1. The molecule has 1 rings (SSSR count). The maximum absolute atomic E-state index is 12.7. The molecule has 0 saturated heterocycles. The number of aliphatic carboxylic acids is 2. The SMILES string of the molecule is NC(=O)CCC(NC(=O)C(CCC(=O)O)NC(=O)C(CO)NC(=O)C(N)Cc1ccccc1)C(=O)O. The monoisotopic (exact) mass is 509 g/mol. The molecule has 0 aliphatic rings. The molecule has 1 aromatic carbocycles. The number of carboxylic acid groups (broad SMARTS) is 2. The van der Waals surface area contributed by atoms with Crippen molar-refractivity contribution in [3.05, 3.63) is 35.9 Å². The van der Waals surface area contributed by atoms with Crippen molar-refractivity contribution in [3.8, 4) is 0 Å². The van der Waals surface area contributed by atoms with Crippen LogP contribution in [0.2, 0.25) is 0 Å². The molecule has 4 atom stereocenters. The number of carbonyl (C=O) groups excluding carboxylic acids is 4. The van der Waals surface area contributed by atoms with Gasteiger partial charge in [0.05, 0.1) is 12.6 Å². The summed E-state index contributed by atoms with van der Waals surface area (Å²) in [4.78, 5) is 71.0. The van der Waals surface area contributed by atoms with E-state index in [-0.39, 0.29) is 19.3 Å². The molecule has 1 aromatic rings. The molecule has 0 bridgehead atoms. The van der Waals surface area contributed by atoms with Crippen LogP contribution in [-0.4, -0.2) is 81.7 Å². The Bertz CT molecular complexity index is 941. The van der Waals surface area contributed by atoms with Crippen LogP contribution in [0.4, 0.5) is 0 Å². The first kappa shape index (κ1) is 30.0. The minimum absolute atomic E-state index is 0.151. The average molecular weight is 510 g/mol. The number of carboxylic acids is 2. The van der Waals surface area contributed by atoms with Crippen LogP contribution in [0.25, 0.3) is 0 Å². The van der Waals surface area contributed by atoms with Gasteiger partial charge in [-0.3, -0.25) is 24.0 Å². The van der Waals surface area contributed by atoms with E-state index in [1.807, 2.05) is 0 Å². The Balaban J connectivity index is 2.86. The summed E-state index contributed by atoms with van der Waals surface area (Å²) < 4.78 is 0. The van der Waals surface area contributed by atoms with Crippen LogP contribution in [0.1, 0.15) is 31.2 Å². The van der Waals surface area contributed by atoms with E-state index in [0.29, 0.717) is 0 Å². The van der Waals surface area contributed by atoms with Gasteiger partial charge in [0.2, 0.25) is 23.6 Å². The van der Waals surface area contributed by atoms with Crippen molar-refractivity contribution in [2.45, 2.75) is 56.3 Å². The minimum atomic E-state index is -1.53. The van der Waals surface area contributed by atoms with Crippen molar-refractivity contribution in [1.82, 2.24) is 16.0 Å². The maximum Gasteiger partial charge on any atom is 0.326 e. The number of carbonyl (C=O) groups is 6. The molecule has 0 fully saturated rings. The van der Waals surface area contributed by atoms with Gasteiger partial charge in [0.1, 0.15) is 18.1 Å². The van der Waals surface area contributed by atoms with Crippen LogP contribution >= 0.6 is 0 Å². The van der Waals surface area contributed by atoms with Gasteiger partial charge in [0, 0.05) is 12.8 Å². The van der Waals surface area contributed by atoms with Crippen LogP contribution < -0.4 is 27.4 Å². The molecule has 14 nitrogen and oxygen atoms in total. The Morgan fingerprint density at radius 2 is 1.31 bits per heavy atom. The molecule has 0 aliphatic heterocycles. The molecule has 0 aromatic heterocycles. The third kappa shape index (κ3) is 10.9. The van der Waals surface area contributed by atoms with Crippen LogP contribution in [0.15, 0.2) is 30.3 Å². The Morgan fingerprint density at radius 3 is 1.83 bits per heavy atom. The second-order valence-electron chi connectivity index (χ2n) is 7.94. The normalized spacial score (nSPS) is 13.9. The number of benzene rings is 1. The largest absolute Gasteiger partial charge is 0.481 e. The number of nitrogens with one attached hydrogen (secondary N) is 3. The molecule has 4 amide bonds. The summed E-state index contributed by atoms with van der Waals surface area (Å²) in [7, 11) is 0. The molecule has 4 unspecified atom stereocenters. The molecule has 36 heavy (non-hydrogen) atoms. The van der Waals surface area contributed by atoms with Crippen molar-refractivity contribution >= 4 is 35.6 Å². The van der Waals surface area contributed by atoms with Crippen LogP contribution in [-0.2, 0) is 35.2 Å². The van der Waals surface area contributed by atoms with Gasteiger partial charge < -0.3 is 42.7 Å². The van der Waals surface area contributed by atoms with Gasteiger partial charge >= 0.3 is 11.9 Å². The highest BCUT2D eigenvalue weighted by atomic mass is 16.4. The Morgan fingerprint density at radius 1 is 0.778 bits per heavy atom. The molecular weight excluding hydrogens is 478 g/mol. The van der Waals surface area contributed by atoms with Crippen molar-refractivity contribution < 1.29 is 44.1 Å². The summed E-state index contributed by atoms with van der Waals surface area (Å²) in [5.41, 5.74) is 11.6. The van der Waals surface area contributed by atoms with E-state index in [1.165, 1.54) is 0 Å². The first-order valence-electron chi connectivity index (χ1n) is 11.0. The zero-order chi connectivity index (χ0) is 27.3. The highest BCUT2D eigenvalue weighted by Gasteiger charge is 2.30. The fourth-order valence-corrected chi connectivity index (χ4v) is 3.06. The summed E-state index contributed by atoms with van der Waals surface area (Å²) in [6.45, 7) is -0.862. The van der Waals surface area contributed by atoms with Gasteiger partial charge in [0.25, 0.3) is 0 Å². The Kier molecular flexibility index (Phi) is 12.5. The summed E-state index contributed by atoms with van der Waals surface area (Å²) >= 11 is 0.